The van der Waals surface area contributed by atoms with Crippen molar-refractivity contribution in [1.82, 2.24) is 0 Å². The summed E-state index contributed by atoms with van der Waals surface area (Å²) in [6, 6.07) is 7.21. The van der Waals surface area contributed by atoms with Crippen molar-refractivity contribution >= 4 is 29.0 Å². The summed E-state index contributed by atoms with van der Waals surface area (Å²) in [5, 5.41) is 9.09. The third-order valence-electron chi connectivity index (χ3n) is 2.31. The van der Waals surface area contributed by atoms with Crippen LogP contribution < -0.4 is 0 Å². The van der Waals surface area contributed by atoms with Crippen molar-refractivity contribution < 1.29 is 23.1 Å². The van der Waals surface area contributed by atoms with Gasteiger partial charge in [0.2, 0.25) is 0 Å². The average Bonchev–Trinajstić information content (AvgIpc) is 2.70. The van der Waals surface area contributed by atoms with E-state index >= 15 is 0 Å². The second-order valence-corrected chi connectivity index (χ2v) is 6.29. The van der Waals surface area contributed by atoms with Crippen LogP contribution in [0.1, 0.15) is 10.4 Å². The molecule has 0 aliphatic carbocycles. The molecule has 0 aliphatic heterocycles. The first-order chi connectivity index (χ1) is 8.25. The van der Waals surface area contributed by atoms with Crippen molar-refractivity contribution in [2.24, 2.45) is 0 Å². The summed E-state index contributed by atoms with van der Waals surface area (Å²) in [7, 11) is -5.55. The summed E-state index contributed by atoms with van der Waals surface area (Å²) < 4.78 is 38.1. The minimum atomic E-state index is -5.55. The highest BCUT2D eigenvalue weighted by molar-refractivity contribution is 7.53. The molecule has 0 bridgehead atoms. The van der Waals surface area contributed by atoms with E-state index in [1.165, 1.54) is 18.2 Å². The fourth-order valence-corrected chi connectivity index (χ4v) is 3.21. The summed E-state index contributed by atoms with van der Waals surface area (Å²) in [5.74, 6) is 0. The van der Waals surface area contributed by atoms with E-state index in [2.05, 4.69) is 0 Å². The van der Waals surface area contributed by atoms with Gasteiger partial charge in [0, 0.05) is 4.70 Å². The zero-order valence-corrected chi connectivity index (χ0v) is 10.4. The Morgan fingerprint density at radius 2 is 2.00 bits per heavy atom. The second kappa shape index (κ2) is 4.11. The number of alkyl halides is 2. The third kappa shape index (κ3) is 2.04. The zero-order valence-electron chi connectivity index (χ0n) is 8.67. The largest absolute Gasteiger partial charge is 0.400 e. The second-order valence-electron chi connectivity index (χ2n) is 3.56. The van der Waals surface area contributed by atoms with Crippen LogP contribution in [0.25, 0.3) is 10.1 Å². The molecule has 0 spiro atoms. The van der Waals surface area contributed by atoms with Gasteiger partial charge in [-0.05, 0) is 23.6 Å². The molecule has 1 aromatic carbocycles. The molecule has 1 aromatic heterocycles. The van der Waals surface area contributed by atoms with E-state index in [4.69, 9.17) is 15.0 Å². The van der Waals surface area contributed by atoms with Crippen LogP contribution in [0.4, 0.5) is 8.78 Å². The van der Waals surface area contributed by atoms with E-state index in [1.54, 1.807) is 0 Å². The first kappa shape index (κ1) is 13.1. The predicted molar refractivity (Wildman–Crippen MR) is 62.5 cm³/mol. The number of nitrogens with zero attached hydrogens (tertiary/aromatic N) is 1. The maximum atomic E-state index is 13.5. The molecule has 2 rings (SSSR count). The van der Waals surface area contributed by atoms with Gasteiger partial charge in [-0.3, -0.25) is 4.57 Å². The topological polar surface area (TPSA) is 81.3 Å². The SMILES string of the molecule is N#Cc1ccc2cc(C(F)(F)P(=O)(O)O)sc2c1. The Morgan fingerprint density at radius 1 is 1.33 bits per heavy atom. The average molecular weight is 289 g/mol. The highest BCUT2D eigenvalue weighted by atomic mass is 32.1. The molecule has 0 saturated carbocycles. The molecule has 1 heterocycles. The van der Waals surface area contributed by atoms with E-state index in [0.717, 1.165) is 6.07 Å². The van der Waals surface area contributed by atoms with Gasteiger partial charge in [0.1, 0.15) is 0 Å². The normalized spacial score (nSPS) is 12.6. The fourth-order valence-electron chi connectivity index (χ4n) is 1.39. The van der Waals surface area contributed by atoms with Crippen molar-refractivity contribution in [1.29, 1.82) is 5.26 Å². The Hall–Kier alpha value is -1.32. The van der Waals surface area contributed by atoms with Gasteiger partial charge in [-0.15, -0.1) is 11.3 Å². The molecule has 0 atom stereocenters. The van der Waals surface area contributed by atoms with E-state index in [1.807, 2.05) is 6.07 Å². The van der Waals surface area contributed by atoms with Crippen molar-refractivity contribution in [2.75, 3.05) is 0 Å². The van der Waals surface area contributed by atoms with Gasteiger partial charge in [0.05, 0.1) is 16.5 Å². The minimum absolute atomic E-state index is 0.301. The van der Waals surface area contributed by atoms with Gasteiger partial charge < -0.3 is 9.79 Å². The van der Waals surface area contributed by atoms with Crippen LogP contribution in [0, 0.1) is 11.3 Å². The maximum absolute atomic E-state index is 13.5. The Balaban J connectivity index is 2.62. The molecule has 2 N–H and O–H groups in total. The van der Waals surface area contributed by atoms with Crippen LogP contribution in [0.15, 0.2) is 24.3 Å². The molecule has 94 valence electrons. The van der Waals surface area contributed by atoms with Crippen molar-refractivity contribution in [3.8, 4) is 6.07 Å². The van der Waals surface area contributed by atoms with Gasteiger partial charge in [0.15, 0.2) is 0 Å². The number of rotatable bonds is 2. The summed E-state index contributed by atoms with van der Waals surface area (Å²) in [5.41, 5.74) is -3.90. The molecular weight excluding hydrogens is 283 g/mol. The molecular formula is C10H6F2NO3PS. The molecule has 0 amide bonds. The van der Waals surface area contributed by atoms with Crippen LogP contribution in [0.5, 0.6) is 0 Å². The Bertz CT molecular complexity index is 701. The van der Waals surface area contributed by atoms with E-state index < -0.39 is 18.1 Å². The van der Waals surface area contributed by atoms with Crippen LogP contribution in [-0.4, -0.2) is 9.79 Å². The molecule has 0 radical (unpaired) electrons. The number of halogens is 2. The number of hydrogen-bond acceptors (Lipinski definition) is 3. The van der Waals surface area contributed by atoms with Crippen LogP contribution in [-0.2, 0) is 10.2 Å². The van der Waals surface area contributed by atoms with Gasteiger partial charge in [-0.1, -0.05) is 6.07 Å². The lowest BCUT2D eigenvalue weighted by Gasteiger charge is -2.15. The predicted octanol–water partition coefficient (Wildman–Crippen LogP) is 3.00. The number of fused-ring (bicyclic) bond motifs is 1. The molecule has 4 nitrogen and oxygen atoms in total. The Kier molecular flexibility index (Phi) is 2.99. The van der Waals surface area contributed by atoms with Crippen molar-refractivity contribution in [3.63, 3.8) is 0 Å². The van der Waals surface area contributed by atoms with E-state index in [0.29, 0.717) is 27.0 Å². The van der Waals surface area contributed by atoms with Crippen LogP contribution >= 0.6 is 18.9 Å². The van der Waals surface area contributed by atoms with E-state index in [-0.39, 0.29) is 0 Å². The lowest BCUT2D eigenvalue weighted by atomic mass is 10.2. The fraction of sp³-hybridized carbons (Fsp3) is 0.100. The molecule has 2 aromatic rings. The maximum Gasteiger partial charge on any atom is 0.400 e. The lowest BCUT2D eigenvalue weighted by Crippen LogP contribution is -2.11. The lowest BCUT2D eigenvalue weighted by molar-refractivity contribution is 0.0602. The number of thiophene rings is 1. The highest BCUT2D eigenvalue weighted by Crippen LogP contribution is 2.60. The van der Waals surface area contributed by atoms with Gasteiger partial charge >= 0.3 is 13.3 Å². The Labute approximate surface area is 104 Å². The van der Waals surface area contributed by atoms with Gasteiger partial charge in [-0.25, -0.2) is 0 Å². The zero-order chi connectivity index (χ0) is 13.6. The molecule has 18 heavy (non-hydrogen) atoms. The van der Waals surface area contributed by atoms with Crippen LogP contribution in [0.3, 0.4) is 0 Å². The molecule has 8 heteroatoms. The van der Waals surface area contributed by atoms with Gasteiger partial charge in [-0.2, -0.15) is 14.0 Å². The van der Waals surface area contributed by atoms with Crippen molar-refractivity contribution in [2.45, 2.75) is 5.66 Å². The molecule has 0 saturated heterocycles. The molecule has 0 aliphatic rings. The summed E-state index contributed by atoms with van der Waals surface area (Å²) in [4.78, 5) is 16.6. The van der Waals surface area contributed by atoms with E-state index in [9.17, 15) is 13.3 Å². The molecule has 0 unspecified atom stereocenters. The van der Waals surface area contributed by atoms with Crippen molar-refractivity contribution in [3.05, 3.63) is 34.7 Å². The highest BCUT2D eigenvalue weighted by Gasteiger charge is 2.51. The number of nitriles is 1. The Morgan fingerprint density at radius 3 is 2.56 bits per heavy atom. The summed E-state index contributed by atoms with van der Waals surface area (Å²) in [6.07, 6.45) is 0. The quantitative estimate of drug-likeness (QED) is 0.833. The third-order valence-corrected chi connectivity index (χ3v) is 4.60. The summed E-state index contributed by atoms with van der Waals surface area (Å²) in [6.45, 7) is 0. The monoisotopic (exact) mass is 289 g/mol. The number of hydrogen-bond donors (Lipinski definition) is 2. The van der Waals surface area contributed by atoms with Crippen LogP contribution in [0.2, 0.25) is 0 Å². The minimum Gasteiger partial charge on any atom is -0.320 e. The molecule has 0 fully saturated rings. The standard InChI is InChI=1S/C10H6F2NO3PS/c11-10(12,17(14,15)16)9-4-7-2-1-6(5-13)3-8(7)18-9/h1-4H,(H2,14,15,16). The summed E-state index contributed by atoms with van der Waals surface area (Å²) >= 11 is 0.567. The number of benzene rings is 1. The van der Waals surface area contributed by atoms with Gasteiger partial charge in [0.25, 0.3) is 0 Å². The first-order valence-corrected chi connectivity index (χ1v) is 7.06. The smallest absolute Gasteiger partial charge is 0.320 e. The first-order valence-electron chi connectivity index (χ1n) is 4.63.